The van der Waals surface area contributed by atoms with Crippen molar-refractivity contribution in [3.05, 3.63) is 30.1 Å². The third-order valence-electron chi connectivity index (χ3n) is 6.47. The van der Waals surface area contributed by atoms with Gasteiger partial charge >= 0.3 is 24.3 Å². The molecule has 16 heteroatoms. The number of hydrogen-bond donors (Lipinski definition) is 3. The number of carboxylic acid groups (broad SMARTS) is 2. The molecule has 1 aromatic rings. The number of alkyl halides is 6. The van der Waals surface area contributed by atoms with Crippen LogP contribution < -0.4 is 5.32 Å². The number of nitrogens with zero attached hydrogens (tertiary/aromatic N) is 2. The number of halogens is 6. The summed E-state index contributed by atoms with van der Waals surface area (Å²) in [5.74, 6) is -4.95. The Labute approximate surface area is 225 Å². The van der Waals surface area contributed by atoms with Crippen LogP contribution >= 0.6 is 0 Å². The molecule has 3 N–H and O–H groups in total. The van der Waals surface area contributed by atoms with Crippen molar-refractivity contribution in [2.75, 3.05) is 32.8 Å². The van der Waals surface area contributed by atoms with Crippen LogP contribution in [0.5, 0.6) is 0 Å². The van der Waals surface area contributed by atoms with E-state index in [1.807, 2.05) is 18.2 Å². The first-order valence-electron chi connectivity index (χ1n) is 12.4. The van der Waals surface area contributed by atoms with Crippen LogP contribution in [0.2, 0.25) is 0 Å². The molecule has 3 saturated heterocycles. The normalized spacial score (nSPS) is 23.5. The number of likely N-dealkylation sites (tertiary alicyclic amines) is 1. The van der Waals surface area contributed by atoms with Gasteiger partial charge in [0.15, 0.2) is 0 Å². The predicted octanol–water partition coefficient (Wildman–Crippen LogP) is 2.67. The number of carbonyl (C=O) groups excluding carboxylic acids is 1. The van der Waals surface area contributed by atoms with E-state index in [1.54, 1.807) is 6.20 Å². The van der Waals surface area contributed by atoms with Gasteiger partial charge in [0.1, 0.15) is 6.10 Å². The van der Waals surface area contributed by atoms with Gasteiger partial charge in [-0.05, 0) is 50.3 Å². The van der Waals surface area contributed by atoms with Crippen LogP contribution in [-0.2, 0) is 30.3 Å². The topological polar surface area (TPSA) is 138 Å². The average Bonchev–Trinajstić information content (AvgIpc) is 3.33. The number of rotatable bonds is 5. The first-order valence-corrected chi connectivity index (χ1v) is 12.4. The largest absolute Gasteiger partial charge is 0.490 e. The van der Waals surface area contributed by atoms with E-state index in [2.05, 4.69) is 15.2 Å². The van der Waals surface area contributed by atoms with Gasteiger partial charge in [0.05, 0.1) is 6.10 Å². The van der Waals surface area contributed by atoms with E-state index in [1.165, 1.54) is 0 Å². The number of carboxylic acids is 2. The van der Waals surface area contributed by atoms with Crippen molar-refractivity contribution in [3.8, 4) is 0 Å². The molecule has 0 unspecified atom stereocenters. The van der Waals surface area contributed by atoms with Crippen molar-refractivity contribution in [1.82, 2.24) is 15.2 Å². The molecule has 1 aromatic heterocycles. The van der Waals surface area contributed by atoms with Gasteiger partial charge in [0, 0.05) is 50.7 Å². The number of hydrogen-bond acceptors (Lipinski definition) is 7. The van der Waals surface area contributed by atoms with E-state index in [4.69, 9.17) is 29.3 Å². The van der Waals surface area contributed by atoms with Gasteiger partial charge in [-0.25, -0.2) is 9.59 Å². The molecular weight excluding hydrogens is 556 g/mol. The van der Waals surface area contributed by atoms with Crippen molar-refractivity contribution in [2.24, 2.45) is 5.92 Å². The van der Waals surface area contributed by atoms with Gasteiger partial charge in [0.25, 0.3) is 0 Å². The highest BCUT2D eigenvalue weighted by molar-refractivity contribution is 5.81. The third-order valence-corrected chi connectivity index (χ3v) is 6.47. The molecule has 4 rings (SSSR count). The molecule has 3 atom stereocenters. The van der Waals surface area contributed by atoms with Crippen LogP contribution in [0.1, 0.15) is 31.4 Å². The molecular formula is C24H31F6N3O7. The number of aromatic nitrogens is 1. The molecule has 0 bridgehead atoms. The van der Waals surface area contributed by atoms with Crippen molar-refractivity contribution >= 4 is 17.8 Å². The fourth-order valence-corrected chi connectivity index (χ4v) is 4.48. The quantitative estimate of drug-likeness (QED) is 0.444. The maximum atomic E-state index is 12.5. The molecule has 40 heavy (non-hydrogen) atoms. The SMILES string of the molecule is O=C(NCCc1ccccn1)[C@@H]1C[C@@H]2CCN(C3CCOCC3)C[C@H]2O1.O=C(O)C(F)(F)F.O=C(O)C(F)(F)F. The van der Waals surface area contributed by atoms with Crippen LogP contribution in [0.15, 0.2) is 24.4 Å². The Morgan fingerprint density at radius 2 is 1.60 bits per heavy atom. The second-order valence-electron chi connectivity index (χ2n) is 9.25. The summed E-state index contributed by atoms with van der Waals surface area (Å²) in [5, 5.41) is 17.3. The summed E-state index contributed by atoms with van der Waals surface area (Å²) in [7, 11) is 0. The highest BCUT2D eigenvalue weighted by Crippen LogP contribution is 2.35. The lowest BCUT2D eigenvalue weighted by molar-refractivity contribution is -0.193. The smallest absolute Gasteiger partial charge is 0.475 e. The summed E-state index contributed by atoms with van der Waals surface area (Å²) in [6, 6.07) is 6.48. The van der Waals surface area contributed by atoms with Crippen LogP contribution in [-0.4, -0.2) is 101 Å². The number of piperidine rings is 1. The zero-order valence-corrected chi connectivity index (χ0v) is 21.3. The minimum Gasteiger partial charge on any atom is -0.475 e. The zero-order chi connectivity index (χ0) is 29.9. The van der Waals surface area contributed by atoms with Crippen LogP contribution in [0, 0.1) is 5.92 Å². The molecule has 3 aliphatic rings. The number of pyridine rings is 1. The Hall–Kier alpha value is -2.98. The lowest BCUT2D eigenvalue weighted by Gasteiger charge is -2.40. The molecule has 0 aliphatic carbocycles. The Kier molecular flexibility index (Phi) is 12.6. The van der Waals surface area contributed by atoms with E-state index in [0.29, 0.717) is 18.5 Å². The van der Waals surface area contributed by atoms with Gasteiger partial charge in [-0.1, -0.05) is 6.07 Å². The molecule has 0 radical (unpaired) electrons. The van der Waals surface area contributed by atoms with E-state index in [-0.39, 0.29) is 18.1 Å². The molecule has 226 valence electrons. The van der Waals surface area contributed by atoms with Crippen LogP contribution in [0.3, 0.4) is 0 Å². The minimum atomic E-state index is -5.08. The lowest BCUT2D eigenvalue weighted by atomic mass is 9.90. The fourth-order valence-electron chi connectivity index (χ4n) is 4.48. The summed E-state index contributed by atoms with van der Waals surface area (Å²) in [4.78, 5) is 37.1. The van der Waals surface area contributed by atoms with Gasteiger partial charge in [0.2, 0.25) is 5.91 Å². The maximum absolute atomic E-state index is 12.5. The molecule has 4 heterocycles. The standard InChI is InChI=1S/C20H29N3O3.2C2HF3O2/c24-20(22-9-4-16-3-1-2-8-21-16)18-13-15-5-10-23(14-19(15)26-18)17-6-11-25-12-7-17;2*3-2(4,5)1(6)7/h1-3,8,15,17-19H,4-7,9-14H2,(H,22,24);2*(H,6,7)/t15-,18-,19+;;/m0../s1. The van der Waals surface area contributed by atoms with Crippen molar-refractivity contribution in [1.29, 1.82) is 0 Å². The number of aliphatic carboxylic acids is 2. The molecule has 0 spiro atoms. The Morgan fingerprint density at radius 1 is 1.00 bits per heavy atom. The minimum absolute atomic E-state index is 0.0351. The number of amides is 1. The molecule has 1 amide bonds. The van der Waals surface area contributed by atoms with E-state index >= 15 is 0 Å². The second kappa shape index (κ2) is 15.1. The summed E-state index contributed by atoms with van der Waals surface area (Å²) in [6.07, 6.45) is -3.47. The van der Waals surface area contributed by atoms with Crippen molar-refractivity contribution in [2.45, 2.75) is 62.7 Å². The second-order valence-corrected chi connectivity index (χ2v) is 9.25. The van der Waals surface area contributed by atoms with Gasteiger partial charge in [-0.15, -0.1) is 0 Å². The first kappa shape index (κ1) is 33.2. The number of nitrogens with one attached hydrogen (secondary N) is 1. The van der Waals surface area contributed by atoms with Gasteiger partial charge < -0.3 is 25.0 Å². The lowest BCUT2D eigenvalue weighted by Crippen LogP contribution is -2.49. The maximum Gasteiger partial charge on any atom is 0.490 e. The fraction of sp³-hybridized carbons (Fsp3) is 0.667. The monoisotopic (exact) mass is 587 g/mol. The highest BCUT2D eigenvalue weighted by atomic mass is 19.4. The molecule has 0 saturated carbocycles. The summed E-state index contributed by atoms with van der Waals surface area (Å²) < 4.78 is 75.1. The molecule has 3 fully saturated rings. The number of fused-ring (bicyclic) bond motifs is 1. The summed E-state index contributed by atoms with van der Waals surface area (Å²) >= 11 is 0. The van der Waals surface area contributed by atoms with Crippen molar-refractivity contribution in [3.63, 3.8) is 0 Å². The highest BCUT2D eigenvalue weighted by Gasteiger charge is 2.43. The summed E-state index contributed by atoms with van der Waals surface area (Å²) in [6.45, 7) is 4.45. The van der Waals surface area contributed by atoms with E-state index in [0.717, 1.165) is 64.1 Å². The molecule has 10 nitrogen and oxygen atoms in total. The number of ether oxygens (including phenoxy) is 2. The molecule has 3 aliphatic heterocycles. The van der Waals surface area contributed by atoms with Crippen LogP contribution in [0.4, 0.5) is 26.3 Å². The molecule has 0 aromatic carbocycles. The first-order chi connectivity index (χ1) is 18.7. The Balaban J connectivity index is 0.000000333. The van der Waals surface area contributed by atoms with E-state index < -0.39 is 24.3 Å². The average molecular weight is 588 g/mol. The predicted molar refractivity (Wildman–Crippen MR) is 125 cm³/mol. The Morgan fingerprint density at radius 3 is 2.12 bits per heavy atom. The van der Waals surface area contributed by atoms with E-state index in [9.17, 15) is 31.1 Å². The van der Waals surface area contributed by atoms with Crippen molar-refractivity contribution < 1.29 is 60.4 Å². The van der Waals surface area contributed by atoms with Gasteiger partial charge in [-0.3, -0.25) is 14.7 Å². The van der Waals surface area contributed by atoms with Crippen LogP contribution in [0.25, 0.3) is 0 Å². The Bertz CT molecular complexity index is 935. The number of carbonyl (C=O) groups is 3. The van der Waals surface area contributed by atoms with Gasteiger partial charge in [-0.2, -0.15) is 26.3 Å². The third kappa shape index (κ3) is 11.3. The zero-order valence-electron chi connectivity index (χ0n) is 21.3. The summed E-state index contributed by atoms with van der Waals surface area (Å²) in [5.41, 5.74) is 1.00.